The van der Waals surface area contributed by atoms with Crippen molar-refractivity contribution in [3.05, 3.63) is 106 Å². The van der Waals surface area contributed by atoms with Crippen LogP contribution in [0.1, 0.15) is 49.2 Å². The second kappa shape index (κ2) is 9.31. The Morgan fingerprint density at radius 1 is 1.09 bits per heavy atom. The molecule has 0 radical (unpaired) electrons. The molecule has 8 nitrogen and oxygen atoms in total. The summed E-state index contributed by atoms with van der Waals surface area (Å²) in [6, 6.07) is 20.6. The predicted molar refractivity (Wildman–Crippen MR) is 131 cm³/mol. The Labute approximate surface area is 202 Å². The van der Waals surface area contributed by atoms with E-state index in [1.165, 1.54) is 0 Å². The van der Waals surface area contributed by atoms with Gasteiger partial charge in [-0.2, -0.15) is 5.26 Å². The molecule has 8 heteroatoms. The van der Waals surface area contributed by atoms with Crippen molar-refractivity contribution in [3.8, 4) is 6.07 Å². The molecule has 0 fully saturated rings. The van der Waals surface area contributed by atoms with E-state index in [1.807, 2.05) is 47.9 Å². The number of fused-ring (bicyclic) bond motifs is 1. The predicted octanol–water partition coefficient (Wildman–Crippen LogP) is 3.89. The van der Waals surface area contributed by atoms with Crippen molar-refractivity contribution < 1.29 is 9.59 Å². The SMILES string of the molecule is Cc1ccc(NC(=O)c2nc(Cc3ccc(C#N)cc3)n3c2CN(C(=O)c2ccc[nH]2)CC3)cc1. The van der Waals surface area contributed by atoms with Gasteiger partial charge in [0.1, 0.15) is 11.5 Å². The second-order valence-electron chi connectivity index (χ2n) is 8.59. The Hall–Kier alpha value is -4.64. The fraction of sp³-hybridized carbons (Fsp3) is 0.185. The Bertz CT molecular complexity index is 1410. The lowest BCUT2D eigenvalue weighted by Gasteiger charge is -2.29. The van der Waals surface area contributed by atoms with Gasteiger partial charge in [-0.15, -0.1) is 0 Å². The molecular weight excluding hydrogens is 440 g/mol. The van der Waals surface area contributed by atoms with E-state index in [1.54, 1.807) is 35.4 Å². The largest absolute Gasteiger partial charge is 0.357 e. The standard InChI is InChI=1S/C27H24N6O2/c1-18-4-10-21(11-5-18)30-26(34)25-23-17-32(27(35)22-3-2-12-29-22)13-14-33(23)24(31-25)15-19-6-8-20(16-28)9-7-19/h2-12,29H,13-15,17H2,1H3,(H,30,34). The van der Waals surface area contributed by atoms with Crippen molar-refractivity contribution >= 4 is 17.5 Å². The quantitative estimate of drug-likeness (QED) is 0.467. The first-order valence-electron chi connectivity index (χ1n) is 11.4. The monoisotopic (exact) mass is 464 g/mol. The van der Waals surface area contributed by atoms with Crippen molar-refractivity contribution in [2.45, 2.75) is 26.4 Å². The summed E-state index contributed by atoms with van der Waals surface area (Å²) < 4.78 is 2.04. The number of amides is 2. The van der Waals surface area contributed by atoms with E-state index in [2.05, 4.69) is 16.4 Å². The molecule has 0 saturated heterocycles. The van der Waals surface area contributed by atoms with Gasteiger partial charge in [0, 0.05) is 31.4 Å². The molecule has 0 atom stereocenters. The zero-order chi connectivity index (χ0) is 24.4. The van der Waals surface area contributed by atoms with Crippen LogP contribution in [0.5, 0.6) is 0 Å². The summed E-state index contributed by atoms with van der Waals surface area (Å²) in [5.74, 6) is 0.338. The summed E-state index contributed by atoms with van der Waals surface area (Å²) in [6.07, 6.45) is 2.23. The molecule has 1 aliphatic rings. The van der Waals surface area contributed by atoms with Crippen LogP contribution in [-0.2, 0) is 19.5 Å². The maximum Gasteiger partial charge on any atom is 0.276 e. The highest BCUT2D eigenvalue weighted by molar-refractivity contribution is 6.04. The highest BCUT2D eigenvalue weighted by atomic mass is 16.2. The van der Waals surface area contributed by atoms with Gasteiger partial charge in [0.05, 0.1) is 23.9 Å². The van der Waals surface area contributed by atoms with Crippen LogP contribution >= 0.6 is 0 Å². The normalized spacial score (nSPS) is 12.6. The Morgan fingerprint density at radius 2 is 1.86 bits per heavy atom. The van der Waals surface area contributed by atoms with Crippen LogP contribution in [-0.4, -0.2) is 37.8 Å². The Kier molecular flexibility index (Phi) is 5.90. The number of aromatic nitrogens is 3. The molecule has 174 valence electrons. The zero-order valence-electron chi connectivity index (χ0n) is 19.3. The molecule has 1 aliphatic heterocycles. The van der Waals surface area contributed by atoms with Crippen molar-refractivity contribution in [2.75, 3.05) is 11.9 Å². The number of anilines is 1. The number of hydrogen-bond donors (Lipinski definition) is 2. The number of benzene rings is 2. The van der Waals surface area contributed by atoms with Crippen LogP contribution in [0.3, 0.4) is 0 Å². The summed E-state index contributed by atoms with van der Waals surface area (Å²) >= 11 is 0. The van der Waals surface area contributed by atoms with Crippen LogP contribution in [0.2, 0.25) is 0 Å². The van der Waals surface area contributed by atoms with Gasteiger partial charge in [-0.1, -0.05) is 29.8 Å². The molecule has 2 N–H and O–H groups in total. The maximum atomic E-state index is 13.3. The third-order valence-electron chi connectivity index (χ3n) is 6.17. The summed E-state index contributed by atoms with van der Waals surface area (Å²) in [6.45, 7) is 3.33. The van der Waals surface area contributed by atoms with Crippen molar-refractivity contribution in [3.63, 3.8) is 0 Å². The van der Waals surface area contributed by atoms with Gasteiger partial charge in [-0.3, -0.25) is 9.59 Å². The van der Waals surface area contributed by atoms with Crippen LogP contribution in [0.15, 0.2) is 66.9 Å². The van der Waals surface area contributed by atoms with Crippen LogP contribution < -0.4 is 5.32 Å². The average molecular weight is 465 g/mol. The van der Waals surface area contributed by atoms with Gasteiger partial charge in [-0.25, -0.2) is 4.98 Å². The van der Waals surface area contributed by atoms with Crippen LogP contribution in [0.25, 0.3) is 0 Å². The summed E-state index contributed by atoms with van der Waals surface area (Å²) in [5, 5.41) is 12.0. The summed E-state index contributed by atoms with van der Waals surface area (Å²) in [5.41, 5.74) is 4.92. The third-order valence-corrected chi connectivity index (χ3v) is 6.17. The van der Waals surface area contributed by atoms with Gasteiger partial charge < -0.3 is 19.8 Å². The van der Waals surface area contributed by atoms with E-state index in [4.69, 9.17) is 10.2 Å². The smallest absolute Gasteiger partial charge is 0.276 e. The number of H-pyrrole nitrogens is 1. The van der Waals surface area contributed by atoms with Gasteiger partial charge in [0.15, 0.2) is 5.69 Å². The summed E-state index contributed by atoms with van der Waals surface area (Å²) in [7, 11) is 0. The molecular formula is C27H24N6O2. The molecule has 35 heavy (non-hydrogen) atoms. The third kappa shape index (κ3) is 4.57. The first-order valence-corrected chi connectivity index (χ1v) is 11.4. The lowest BCUT2D eigenvalue weighted by Crippen LogP contribution is -2.39. The maximum absolute atomic E-state index is 13.3. The molecule has 4 aromatic rings. The first-order chi connectivity index (χ1) is 17.0. The Balaban J connectivity index is 1.47. The van der Waals surface area contributed by atoms with Crippen LogP contribution in [0.4, 0.5) is 5.69 Å². The number of carbonyl (C=O) groups excluding carboxylic acids is 2. The number of imidazole rings is 1. The van der Waals surface area contributed by atoms with E-state index >= 15 is 0 Å². The minimum absolute atomic E-state index is 0.110. The van der Waals surface area contributed by atoms with E-state index in [0.29, 0.717) is 47.8 Å². The minimum Gasteiger partial charge on any atom is -0.357 e. The molecule has 2 amide bonds. The molecule has 0 bridgehead atoms. The lowest BCUT2D eigenvalue weighted by atomic mass is 10.1. The topological polar surface area (TPSA) is 107 Å². The summed E-state index contributed by atoms with van der Waals surface area (Å²) in [4.78, 5) is 35.7. The molecule has 0 unspecified atom stereocenters. The minimum atomic E-state index is -0.308. The number of nitrogens with zero attached hydrogens (tertiary/aromatic N) is 4. The van der Waals surface area contributed by atoms with Crippen molar-refractivity contribution in [1.82, 2.24) is 19.4 Å². The van der Waals surface area contributed by atoms with Crippen LogP contribution in [0, 0.1) is 18.3 Å². The van der Waals surface area contributed by atoms with Crippen molar-refractivity contribution in [1.29, 1.82) is 5.26 Å². The van der Waals surface area contributed by atoms with E-state index in [9.17, 15) is 9.59 Å². The number of nitriles is 1. The Morgan fingerprint density at radius 3 is 2.54 bits per heavy atom. The number of aryl methyl sites for hydroxylation is 1. The second-order valence-corrected chi connectivity index (χ2v) is 8.59. The van der Waals surface area contributed by atoms with E-state index < -0.39 is 0 Å². The number of aromatic amines is 1. The number of rotatable bonds is 5. The molecule has 0 aliphatic carbocycles. The number of carbonyl (C=O) groups is 2. The molecule has 5 rings (SSSR count). The fourth-order valence-electron chi connectivity index (χ4n) is 4.27. The van der Waals surface area contributed by atoms with Gasteiger partial charge in [-0.05, 0) is 48.9 Å². The average Bonchev–Trinajstić information content (AvgIpc) is 3.54. The fourth-order valence-corrected chi connectivity index (χ4v) is 4.27. The highest BCUT2D eigenvalue weighted by Gasteiger charge is 2.30. The highest BCUT2D eigenvalue weighted by Crippen LogP contribution is 2.24. The van der Waals surface area contributed by atoms with Crippen molar-refractivity contribution in [2.24, 2.45) is 0 Å². The van der Waals surface area contributed by atoms with Gasteiger partial charge in [0.2, 0.25) is 0 Å². The number of nitrogens with one attached hydrogen (secondary N) is 2. The molecule has 3 heterocycles. The lowest BCUT2D eigenvalue weighted by molar-refractivity contribution is 0.0702. The van der Waals surface area contributed by atoms with Gasteiger partial charge in [0.25, 0.3) is 11.8 Å². The van der Waals surface area contributed by atoms with E-state index in [-0.39, 0.29) is 18.4 Å². The molecule has 2 aromatic heterocycles. The van der Waals surface area contributed by atoms with Gasteiger partial charge >= 0.3 is 0 Å². The zero-order valence-corrected chi connectivity index (χ0v) is 19.3. The van der Waals surface area contributed by atoms with E-state index in [0.717, 1.165) is 17.0 Å². The molecule has 0 saturated carbocycles. The first kappa shape index (κ1) is 22.2. The molecule has 0 spiro atoms. The molecule has 2 aromatic carbocycles. The number of hydrogen-bond acceptors (Lipinski definition) is 4.